The van der Waals surface area contributed by atoms with Gasteiger partial charge in [-0.3, -0.25) is 5.32 Å². The van der Waals surface area contributed by atoms with Gasteiger partial charge in [-0.1, -0.05) is 27.7 Å². The van der Waals surface area contributed by atoms with E-state index in [-0.39, 0.29) is 5.54 Å². The topological polar surface area (TPSA) is 35.8 Å². The molecule has 0 aromatic carbocycles. The molecule has 0 aliphatic carbocycles. The summed E-state index contributed by atoms with van der Waals surface area (Å²) in [5.41, 5.74) is -0.362. The molecule has 0 heterocycles. The molecule has 0 aliphatic rings. The number of rotatable bonds is 8. The molecule has 0 radical (unpaired) electrons. The van der Waals surface area contributed by atoms with Crippen molar-refractivity contribution in [3.63, 3.8) is 0 Å². The predicted molar refractivity (Wildman–Crippen MR) is 73.7 cm³/mol. The minimum atomic E-state index is -0.362. The van der Waals surface area contributed by atoms with Gasteiger partial charge in [0.25, 0.3) is 0 Å². The second-order valence-electron chi connectivity index (χ2n) is 5.11. The summed E-state index contributed by atoms with van der Waals surface area (Å²) in [6.07, 6.45) is 1.99. The third-order valence-electron chi connectivity index (χ3n) is 2.42. The standard InChI is InChI=1S/C13H26N2S/c1-6-7-15-13(5,10-14)8-12(4)16-9-11(2)3/h11-12,15H,6-9H2,1-5H3. The molecule has 1 N–H and O–H groups in total. The van der Waals surface area contributed by atoms with Crippen molar-refractivity contribution in [3.8, 4) is 6.07 Å². The SMILES string of the molecule is CCCNC(C)(C#N)CC(C)SCC(C)C. The zero-order valence-electron chi connectivity index (χ0n) is 11.3. The average Bonchev–Trinajstić information content (AvgIpc) is 2.23. The molecule has 2 nitrogen and oxygen atoms in total. The van der Waals surface area contributed by atoms with Crippen molar-refractivity contribution in [1.82, 2.24) is 5.32 Å². The van der Waals surface area contributed by atoms with Gasteiger partial charge in [0, 0.05) is 5.25 Å². The maximum absolute atomic E-state index is 9.22. The number of nitrogens with zero attached hydrogens (tertiary/aromatic N) is 1. The first-order chi connectivity index (χ1) is 7.43. The fourth-order valence-electron chi connectivity index (χ4n) is 1.55. The molecule has 0 saturated heterocycles. The first kappa shape index (κ1) is 15.8. The van der Waals surface area contributed by atoms with Crippen LogP contribution in [0.15, 0.2) is 0 Å². The Morgan fingerprint density at radius 1 is 1.38 bits per heavy atom. The quantitative estimate of drug-likeness (QED) is 0.708. The Morgan fingerprint density at radius 2 is 2.00 bits per heavy atom. The number of hydrogen-bond acceptors (Lipinski definition) is 3. The summed E-state index contributed by atoms with van der Waals surface area (Å²) in [5, 5.41) is 13.1. The molecular formula is C13H26N2S. The van der Waals surface area contributed by atoms with E-state index in [9.17, 15) is 5.26 Å². The maximum Gasteiger partial charge on any atom is 0.104 e. The Kier molecular flexibility index (Phi) is 7.87. The van der Waals surface area contributed by atoms with Gasteiger partial charge in [-0.15, -0.1) is 0 Å². The second kappa shape index (κ2) is 7.97. The Bertz CT molecular complexity index is 222. The van der Waals surface area contributed by atoms with Crippen LogP contribution in [-0.4, -0.2) is 23.1 Å². The average molecular weight is 242 g/mol. The van der Waals surface area contributed by atoms with Crippen LogP contribution >= 0.6 is 11.8 Å². The molecule has 0 rings (SSSR count). The Morgan fingerprint density at radius 3 is 2.44 bits per heavy atom. The van der Waals surface area contributed by atoms with Crippen molar-refractivity contribution >= 4 is 11.8 Å². The van der Waals surface area contributed by atoms with E-state index in [0.29, 0.717) is 5.25 Å². The molecule has 3 heteroatoms. The molecule has 0 aliphatic heterocycles. The van der Waals surface area contributed by atoms with E-state index in [1.165, 1.54) is 5.75 Å². The molecule has 0 aromatic heterocycles. The summed E-state index contributed by atoms with van der Waals surface area (Å²) in [5.74, 6) is 1.90. The largest absolute Gasteiger partial charge is 0.300 e. The summed E-state index contributed by atoms with van der Waals surface area (Å²) < 4.78 is 0. The van der Waals surface area contributed by atoms with E-state index >= 15 is 0 Å². The van der Waals surface area contributed by atoms with Gasteiger partial charge in [0.1, 0.15) is 5.54 Å². The van der Waals surface area contributed by atoms with Gasteiger partial charge in [0.05, 0.1) is 6.07 Å². The van der Waals surface area contributed by atoms with Gasteiger partial charge in [0.15, 0.2) is 0 Å². The van der Waals surface area contributed by atoms with E-state index < -0.39 is 0 Å². The Labute approximate surface area is 105 Å². The zero-order valence-corrected chi connectivity index (χ0v) is 12.2. The van der Waals surface area contributed by atoms with Crippen molar-refractivity contribution < 1.29 is 0 Å². The van der Waals surface area contributed by atoms with Gasteiger partial charge in [-0.05, 0) is 38.0 Å². The van der Waals surface area contributed by atoms with Gasteiger partial charge >= 0.3 is 0 Å². The Hall–Kier alpha value is -0.200. The monoisotopic (exact) mass is 242 g/mol. The summed E-state index contributed by atoms with van der Waals surface area (Å²) in [6, 6.07) is 2.41. The number of nitrogens with one attached hydrogen (secondary N) is 1. The lowest BCUT2D eigenvalue weighted by molar-refractivity contribution is 0.418. The molecule has 0 amide bonds. The number of thioether (sulfide) groups is 1. The van der Waals surface area contributed by atoms with Crippen molar-refractivity contribution in [3.05, 3.63) is 0 Å². The maximum atomic E-state index is 9.22. The Balaban J connectivity index is 4.05. The molecule has 0 saturated carbocycles. The normalized spacial score (nSPS) is 16.8. The summed E-state index contributed by atoms with van der Waals surface area (Å²) in [7, 11) is 0. The van der Waals surface area contributed by atoms with Crippen molar-refractivity contribution in [2.24, 2.45) is 5.92 Å². The van der Waals surface area contributed by atoms with Crippen molar-refractivity contribution in [2.45, 2.75) is 58.2 Å². The van der Waals surface area contributed by atoms with Crippen LogP contribution in [0.5, 0.6) is 0 Å². The molecule has 0 fully saturated rings. The van der Waals surface area contributed by atoms with Crippen LogP contribution in [-0.2, 0) is 0 Å². The zero-order chi connectivity index (χ0) is 12.6. The van der Waals surface area contributed by atoms with Gasteiger partial charge in [-0.2, -0.15) is 17.0 Å². The fraction of sp³-hybridized carbons (Fsp3) is 0.923. The molecule has 0 aromatic rings. The van der Waals surface area contributed by atoms with E-state index in [1.54, 1.807) is 0 Å². The highest BCUT2D eigenvalue weighted by atomic mass is 32.2. The first-order valence-corrected chi connectivity index (χ1v) is 7.26. The van der Waals surface area contributed by atoms with E-state index in [1.807, 2.05) is 18.7 Å². The molecule has 94 valence electrons. The first-order valence-electron chi connectivity index (χ1n) is 6.21. The van der Waals surface area contributed by atoms with Gasteiger partial charge in [-0.25, -0.2) is 0 Å². The van der Waals surface area contributed by atoms with E-state index in [4.69, 9.17) is 0 Å². The van der Waals surface area contributed by atoms with E-state index in [2.05, 4.69) is 39.1 Å². The van der Waals surface area contributed by atoms with Crippen LogP contribution in [0.3, 0.4) is 0 Å². The van der Waals surface area contributed by atoms with Crippen molar-refractivity contribution in [1.29, 1.82) is 5.26 Å². The number of nitriles is 1. The fourth-order valence-corrected chi connectivity index (χ4v) is 2.71. The molecule has 16 heavy (non-hydrogen) atoms. The van der Waals surface area contributed by atoms with Crippen LogP contribution < -0.4 is 5.32 Å². The van der Waals surface area contributed by atoms with Crippen LogP contribution in [0.25, 0.3) is 0 Å². The lowest BCUT2D eigenvalue weighted by atomic mass is 9.98. The summed E-state index contributed by atoms with van der Waals surface area (Å²) in [4.78, 5) is 0. The van der Waals surface area contributed by atoms with Crippen molar-refractivity contribution in [2.75, 3.05) is 12.3 Å². The summed E-state index contributed by atoms with van der Waals surface area (Å²) in [6.45, 7) is 11.7. The minimum absolute atomic E-state index is 0.362. The molecule has 0 bridgehead atoms. The molecule has 2 unspecified atom stereocenters. The highest BCUT2D eigenvalue weighted by molar-refractivity contribution is 7.99. The minimum Gasteiger partial charge on any atom is -0.300 e. The van der Waals surface area contributed by atoms with Crippen LogP contribution in [0.4, 0.5) is 0 Å². The third kappa shape index (κ3) is 7.14. The van der Waals surface area contributed by atoms with Gasteiger partial charge in [0.2, 0.25) is 0 Å². The molecule has 0 spiro atoms. The van der Waals surface area contributed by atoms with Crippen LogP contribution in [0, 0.1) is 17.2 Å². The van der Waals surface area contributed by atoms with E-state index in [0.717, 1.165) is 25.3 Å². The third-order valence-corrected chi connectivity index (χ3v) is 4.02. The summed E-state index contributed by atoms with van der Waals surface area (Å²) >= 11 is 1.97. The molecular weight excluding hydrogens is 216 g/mol. The van der Waals surface area contributed by atoms with Crippen LogP contribution in [0.2, 0.25) is 0 Å². The molecule has 2 atom stereocenters. The lowest BCUT2D eigenvalue weighted by Gasteiger charge is -2.26. The highest BCUT2D eigenvalue weighted by Crippen LogP contribution is 2.23. The second-order valence-corrected chi connectivity index (χ2v) is 6.58. The lowest BCUT2D eigenvalue weighted by Crippen LogP contribution is -2.43. The van der Waals surface area contributed by atoms with Crippen LogP contribution in [0.1, 0.15) is 47.5 Å². The number of hydrogen-bond donors (Lipinski definition) is 1. The predicted octanol–water partition coefficient (Wildman–Crippen LogP) is 3.44. The smallest absolute Gasteiger partial charge is 0.104 e. The highest BCUT2D eigenvalue weighted by Gasteiger charge is 2.25. The van der Waals surface area contributed by atoms with Gasteiger partial charge < -0.3 is 0 Å².